The molecular weight excluding hydrogens is 435 g/mol. The lowest BCUT2D eigenvalue weighted by atomic mass is 9.95. The summed E-state index contributed by atoms with van der Waals surface area (Å²) < 4.78 is 30.1. The van der Waals surface area contributed by atoms with Crippen molar-refractivity contribution in [2.24, 2.45) is 4.76 Å². The highest BCUT2D eigenvalue weighted by molar-refractivity contribution is 7.53. The van der Waals surface area contributed by atoms with Crippen molar-refractivity contribution in [2.45, 2.75) is 26.0 Å². The van der Waals surface area contributed by atoms with E-state index in [0.717, 1.165) is 16.7 Å². The first-order chi connectivity index (χ1) is 16.0. The first kappa shape index (κ1) is 22.8. The lowest BCUT2D eigenvalue weighted by molar-refractivity contribution is 0.282. The smallest absolute Gasteiger partial charge is 0.399 e. The van der Waals surface area contributed by atoms with Gasteiger partial charge < -0.3 is 19.1 Å². The summed E-state index contributed by atoms with van der Waals surface area (Å²) in [7, 11) is -2.02. The summed E-state index contributed by atoms with van der Waals surface area (Å²) in [6.45, 7) is 2.06. The van der Waals surface area contributed by atoms with E-state index >= 15 is 0 Å². The highest BCUT2D eigenvalue weighted by Gasteiger charge is 2.32. The molecule has 0 saturated carbocycles. The number of amidine groups is 1. The molecule has 0 saturated heterocycles. The van der Waals surface area contributed by atoms with Gasteiger partial charge in [-0.25, -0.2) is 4.57 Å². The van der Waals surface area contributed by atoms with Crippen molar-refractivity contribution < 1.29 is 18.7 Å². The molecule has 0 amide bonds. The molecule has 1 unspecified atom stereocenters. The Morgan fingerprint density at radius 3 is 2.00 bits per heavy atom. The molecule has 1 aliphatic heterocycles. The van der Waals surface area contributed by atoms with Crippen LogP contribution < -0.4 is 9.05 Å². The number of nitrogens with zero attached hydrogens (tertiary/aromatic N) is 2. The Morgan fingerprint density at radius 2 is 1.48 bits per heavy atom. The second-order valence-corrected chi connectivity index (χ2v) is 9.37. The van der Waals surface area contributed by atoms with E-state index in [4.69, 9.17) is 9.05 Å². The van der Waals surface area contributed by atoms with E-state index < -0.39 is 7.75 Å². The molecule has 4 rings (SSSR count). The van der Waals surface area contributed by atoms with E-state index in [2.05, 4.69) is 17.8 Å². The minimum atomic E-state index is -3.94. The van der Waals surface area contributed by atoms with Crippen LogP contribution in [0.1, 0.15) is 24.5 Å². The molecule has 1 aliphatic rings. The maximum absolute atomic E-state index is 13.9. The number of para-hydroxylation sites is 2. The van der Waals surface area contributed by atoms with Gasteiger partial charge in [0, 0.05) is 19.5 Å². The molecule has 170 valence electrons. The van der Waals surface area contributed by atoms with Gasteiger partial charge in [0.15, 0.2) is 0 Å². The van der Waals surface area contributed by atoms with Crippen molar-refractivity contribution in [1.29, 1.82) is 0 Å². The lowest BCUT2D eigenvalue weighted by Gasteiger charge is -2.32. The molecule has 1 heterocycles. The van der Waals surface area contributed by atoms with Gasteiger partial charge in [-0.2, -0.15) is 0 Å². The predicted octanol–water partition coefficient (Wildman–Crippen LogP) is 5.95. The Kier molecular flexibility index (Phi) is 6.97. The van der Waals surface area contributed by atoms with Crippen LogP contribution in [-0.4, -0.2) is 28.9 Å². The van der Waals surface area contributed by atoms with Crippen LogP contribution in [0.25, 0.3) is 5.57 Å². The van der Waals surface area contributed by atoms with Crippen LogP contribution in [-0.2, 0) is 11.2 Å². The van der Waals surface area contributed by atoms with Crippen molar-refractivity contribution in [2.75, 3.05) is 7.05 Å². The first-order valence-electron chi connectivity index (χ1n) is 10.8. The molecule has 6 nitrogen and oxygen atoms in total. The van der Waals surface area contributed by atoms with Gasteiger partial charge in [-0.3, -0.25) is 0 Å². The van der Waals surface area contributed by atoms with Crippen LogP contribution in [0.5, 0.6) is 11.5 Å². The zero-order valence-electron chi connectivity index (χ0n) is 18.7. The minimum Gasteiger partial charge on any atom is -0.399 e. The minimum absolute atomic E-state index is 0.00199. The third kappa shape index (κ3) is 5.72. The molecule has 0 aliphatic carbocycles. The van der Waals surface area contributed by atoms with Gasteiger partial charge in [0.25, 0.3) is 0 Å². The summed E-state index contributed by atoms with van der Waals surface area (Å²) in [6.07, 6.45) is 2.63. The van der Waals surface area contributed by atoms with Crippen LogP contribution in [0.4, 0.5) is 0 Å². The van der Waals surface area contributed by atoms with Crippen molar-refractivity contribution in [1.82, 2.24) is 4.90 Å². The second-order valence-electron chi connectivity index (χ2n) is 7.87. The summed E-state index contributed by atoms with van der Waals surface area (Å²) in [5.74, 6) is 1.45. The summed E-state index contributed by atoms with van der Waals surface area (Å²) in [4.78, 5) is 1.97. The van der Waals surface area contributed by atoms with Gasteiger partial charge in [-0.1, -0.05) is 66.7 Å². The average molecular weight is 462 g/mol. The molecule has 3 aromatic rings. The van der Waals surface area contributed by atoms with E-state index in [1.54, 1.807) is 48.5 Å². The number of hydrogen-bond donors (Lipinski definition) is 1. The second kappa shape index (κ2) is 10.1. The molecule has 33 heavy (non-hydrogen) atoms. The number of aliphatic hydroxyl groups excluding tert-OH is 1. The van der Waals surface area contributed by atoms with Crippen LogP contribution >= 0.6 is 7.75 Å². The summed E-state index contributed by atoms with van der Waals surface area (Å²) >= 11 is 0. The van der Waals surface area contributed by atoms with E-state index in [-0.39, 0.29) is 12.6 Å². The Bertz CT molecular complexity index is 1130. The maximum Gasteiger partial charge on any atom is 0.564 e. The Balaban J connectivity index is 1.68. The fourth-order valence-electron chi connectivity index (χ4n) is 3.55. The third-order valence-electron chi connectivity index (χ3n) is 5.48. The summed E-state index contributed by atoms with van der Waals surface area (Å²) in [5, 5.41) is 9.33. The van der Waals surface area contributed by atoms with Gasteiger partial charge in [0.2, 0.25) is 0 Å². The summed E-state index contributed by atoms with van der Waals surface area (Å²) in [5.41, 5.74) is 2.95. The van der Waals surface area contributed by atoms with Gasteiger partial charge in [0.05, 0.1) is 6.61 Å². The highest BCUT2D eigenvalue weighted by Crippen LogP contribution is 2.51. The van der Waals surface area contributed by atoms with Gasteiger partial charge in [-0.15, -0.1) is 4.76 Å². The largest absolute Gasteiger partial charge is 0.564 e. The Labute approximate surface area is 194 Å². The zero-order chi connectivity index (χ0) is 23.3. The topological polar surface area (TPSA) is 71.4 Å². The molecular formula is C26H27N2O4P. The van der Waals surface area contributed by atoms with Crippen LogP contribution in [0.3, 0.4) is 0 Å². The number of aliphatic hydroxyl groups is 1. The van der Waals surface area contributed by atoms with Gasteiger partial charge in [-0.05, 0) is 47.9 Å². The molecule has 0 spiro atoms. The van der Waals surface area contributed by atoms with Crippen molar-refractivity contribution in [3.05, 3.63) is 102 Å². The first-order valence-corrected chi connectivity index (χ1v) is 12.3. The number of rotatable bonds is 7. The molecule has 0 bridgehead atoms. The van der Waals surface area contributed by atoms with Crippen LogP contribution in [0.2, 0.25) is 0 Å². The van der Waals surface area contributed by atoms with Crippen molar-refractivity contribution >= 4 is 19.2 Å². The number of hydrogen-bond acceptors (Lipinski definition) is 4. The molecule has 0 fully saturated rings. The van der Waals surface area contributed by atoms with E-state index in [9.17, 15) is 9.67 Å². The quantitative estimate of drug-likeness (QED) is 0.439. The van der Waals surface area contributed by atoms with E-state index in [1.165, 1.54) is 0 Å². The number of benzene rings is 3. The van der Waals surface area contributed by atoms with Crippen LogP contribution in [0, 0.1) is 0 Å². The molecule has 1 atom stereocenters. The third-order valence-corrected chi connectivity index (χ3v) is 6.84. The monoisotopic (exact) mass is 462 g/mol. The molecule has 0 radical (unpaired) electrons. The summed E-state index contributed by atoms with van der Waals surface area (Å²) in [6, 6.07) is 25.6. The fraction of sp³-hybridized carbons (Fsp3) is 0.192. The average Bonchev–Trinajstić information content (AvgIpc) is 2.83. The normalized spacial score (nSPS) is 17.5. The lowest BCUT2D eigenvalue weighted by Crippen LogP contribution is -2.37. The standard InChI is InChI=1S/C26H27N2O4P/c1-20-17-23(22-15-13-21(19-29)14-16-22)18-26(28(20)2)27-33(30,31-24-9-5-3-6-10-24)32-25-11-7-4-8-12-25/h3-17,20,29H,18-19H2,1-2H3/b27-26-. The molecule has 3 aromatic carbocycles. The highest BCUT2D eigenvalue weighted by atomic mass is 31.2. The molecule has 0 aromatic heterocycles. The van der Waals surface area contributed by atoms with Crippen molar-refractivity contribution in [3.8, 4) is 11.5 Å². The number of likely N-dealkylation sites (N-methyl/N-ethyl adjacent to an activating group) is 1. The van der Waals surface area contributed by atoms with Crippen molar-refractivity contribution in [3.63, 3.8) is 0 Å². The van der Waals surface area contributed by atoms with E-state index in [1.807, 2.05) is 48.3 Å². The SMILES string of the molecule is CC1C=C(c2ccc(CO)cc2)C/C(=N/P(=O)(Oc2ccccc2)Oc2ccccc2)N1C. The Morgan fingerprint density at radius 1 is 0.939 bits per heavy atom. The molecule has 7 heteroatoms. The van der Waals surface area contributed by atoms with Gasteiger partial charge >= 0.3 is 7.75 Å². The fourth-order valence-corrected chi connectivity index (χ4v) is 4.94. The maximum atomic E-state index is 13.9. The molecule has 1 N–H and O–H groups in total. The van der Waals surface area contributed by atoms with E-state index in [0.29, 0.717) is 23.8 Å². The van der Waals surface area contributed by atoms with Gasteiger partial charge in [0.1, 0.15) is 17.3 Å². The zero-order valence-corrected chi connectivity index (χ0v) is 19.6. The Hall–Kier alpha value is -3.34. The van der Waals surface area contributed by atoms with Crippen LogP contribution in [0.15, 0.2) is 95.8 Å². The predicted molar refractivity (Wildman–Crippen MR) is 131 cm³/mol.